The second-order valence-corrected chi connectivity index (χ2v) is 4.67. The molecule has 1 aliphatic carbocycles. The van der Waals surface area contributed by atoms with Gasteiger partial charge in [-0.15, -0.1) is 0 Å². The first-order valence-electron chi connectivity index (χ1n) is 6.13. The lowest BCUT2D eigenvalue weighted by molar-refractivity contribution is 0.0672. The Bertz CT molecular complexity index is 380. The summed E-state index contributed by atoms with van der Waals surface area (Å²) in [6, 6.07) is 3.84. The van der Waals surface area contributed by atoms with E-state index in [4.69, 9.17) is 5.73 Å². The molecule has 92 valence electrons. The molecule has 4 nitrogen and oxygen atoms in total. The van der Waals surface area contributed by atoms with Gasteiger partial charge in [0.1, 0.15) is 0 Å². The van der Waals surface area contributed by atoms with Gasteiger partial charge in [0.25, 0.3) is 5.91 Å². The fourth-order valence-corrected chi connectivity index (χ4v) is 2.46. The monoisotopic (exact) mass is 233 g/mol. The first-order chi connectivity index (χ1) is 8.20. The van der Waals surface area contributed by atoms with Crippen molar-refractivity contribution in [2.24, 2.45) is 5.73 Å². The molecule has 0 radical (unpaired) electrons. The van der Waals surface area contributed by atoms with E-state index >= 15 is 0 Å². The standard InChI is InChI=1S/C13H19N3O/c1-16(12-7-3-2-6-11(12)14)13(17)10-5-4-8-15-9-10/h4-5,8-9,11-12H,2-3,6-7,14H2,1H3. The van der Waals surface area contributed by atoms with Crippen molar-refractivity contribution in [2.75, 3.05) is 7.05 Å². The van der Waals surface area contributed by atoms with Gasteiger partial charge in [0.15, 0.2) is 0 Å². The molecular formula is C13H19N3O. The fourth-order valence-electron chi connectivity index (χ4n) is 2.46. The highest BCUT2D eigenvalue weighted by Gasteiger charge is 2.28. The average molecular weight is 233 g/mol. The highest BCUT2D eigenvalue weighted by Crippen LogP contribution is 2.22. The van der Waals surface area contributed by atoms with Crippen LogP contribution in [0.25, 0.3) is 0 Å². The van der Waals surface area contributed by atoms with Gasteiger partial charge in [0.05, 0.1) is 5.56 Å². The molecule has 2 unspecified atom stereocenters. The summed E-state index contributed by atoms with van der Waals surface area (Å²) in [7, 11) is 1.84. The Morgan fingerprint density at radius 2 is 2.24 bits per heavy atom. The number of likely N-dealkylation sites (N-methyl/N-ethyl adjacent to an activating group) is 1. The molecule has 0 saturated heterocycles. The second-order valence-electron chi connectivity index (χ2n) is 4.67. The van der Waals surface area contributed by atoms with Gasteiger partial charge in [-0.25, -0.2) is 0 Å². The molecule has 1 heterocycles. The van der Waals surface area contributed by atoms with E-state index in [1.165, 1.54) is 6.42 Å². The zero-order valence-electron chi connectivity index (χ0n) is 10.2. The summed E-state index contributed by atoms with van der Waals surface area (Å²) in [4.78, 5) is 18.0. The third-order valence-corrected chi connectivity index (χ3v) is 3.51. The zero-order chi connectivity index (χ0) is 12.3. The van der Waals surface area contributed by atoms with E-state index in [0.29, 0.717) is 5.56 Å². The van der Waals surface area contributed by atoms with Crippen LogP contribution >= 0.6 is 0 Å². The van der Waals surface area contributed by atoms with Crippen molar-refractivity contribution in [1.29, 1.82) is 0 Å². The van der Waals surface area contributed by atoms with Crippen LogP contribution in [0, 0.1) is 0 Å². The Morgan fingerprint density at radius 1 is 1.47 bits per heavy atom. The molecule has 1 amide bonds. The van der Waals surface area contributed by atoms with Crippen LogP contribution in [0.3, 0.4) is 0 Å². The molecule has 2 N–H and O–H groups in total. The molecule has 1 aliphatic rings. The van der Waals surface area contributed by atoms with Crippen LogP contribution in [0.1, 0.15) is 36.0 Å². The Kier molecular flexibility index (Phi) is 3.74. The van der Waals surface area contributed by atoms with Crippen LogP contribution in [0.15, 0.2) is 24.5 Å². The van der Waals surface area contributed by atoms with Crippen LogP contribution in [-0.2, 0) is 0 Å². The van der Waals surface area contributed by atoms with Crippen molar-refractivity contribution >= 4 is 5.91 Å². The van der Waals surface area contributed by atoms with E-state index in [0.717, 1.165) is 19.3 Å². The quantitative estimate of drug-likeness (QED) is 0.840. The van der Waals surface area contributed by atoms with Gasteiger partial charge >= 0.3 is 0 Å². The maximum absolute atomic E-state index is 12.2. The number of pyridine rings is 1. The Hall–Kier alpha value is -1.42. The number of nitrogens with two attached hydrogens (primary N) is 1. The number of nitrogens with zero attached hydrogens (tertiary/aromatic N) is 2. The molecule has 2 rings (SSSR count). The van der Waals surface area contributed by atoms with E-state index < -0.39 is 0 Å². The summed E-state index contributed by atoms with van der Waals surface area (Å²) in [6.45, 7) is 0. The van der Waals surface area contributed by atoms with E-state index in [1.54, 1.807) is 29.4 Å². The minimum atomic E-state index is 0.0143. The smallest absolute Gasteiger partial charge is 0.255 e. The number of hydrogen-bond donors (Lipinski definition) is 1. The van der Waals surface area contributed by atoms with E-state index in [9.17, 15) is 4.79 Å². The van der Waals surface area contributed by atoms with Crippen LogP contribution in [0.2, 0.25) is 0 Å². The first-order valence-corrected chi connectivity index (χ1v) is 6.13. The Labute approximate surface area is 102 Å². The molecule has 0 spiro atoms. The molecular weight excluding hydrogens is 214 g/mol. The molecule has 1 aromatic rings. The highest BCUT2D eigenvalue weighted by atomic mass is 16.2. The van der Waals surface area contributed by atoms with E-state index in [1.807, 2.05) is 7.05 Å². The topological polar surface area (TPSA) is 59.2 Å². The van der Waals surface area contributed by atoms with Crippen molar-refractivity contribution in [3.63, 3.8) is 0 Å². The van der Waals surface area contributed by atoms with E-state index in [-0.39, 0.29) is 18.0 Å². The van der Waals surface area contributed by atoms with Gasteiger partial charge in [-0.05, 0) is 25.0 Å². The predicted octanol–water partition coefficient (Wildman–Crippen LogP) is 1.42. The van der Waals surface area contributed by atoms with E-state index in [2.05, 4.69) is 4.98 Å². The summed E-state index contributed by atoms with van der Waals surface area (Å²) < 4.78 is 0. The van der Waals surface area contributed by atoms with Crippen LogP contribution in [-0.4, -0.2) is 34.9 Å². The molecule has 2 atom stereocenters. The predicted molar refractivity (Wildman–Crippen MR) is 66.6 cm³/mol. The van der Waals surface area contributed by atoms with Gasteiger partial charge in [-0.1, -0.05) is 12.8 Å². The number of carbonyl (C=O) groups is 1. The van der Waals surface area contributed by atoms with Crippen LogP contribution in [0.5, 0.6) is 0 Å². The van der Waals surface area contributed by atoms with Crippen molar-refractivity contribution in [1.82, 2.24) is 9.88 Å². The van der Waals surface area contributed by atoms with Gasteiger partial charge < -0.3 is 10.6 Å². The highest BCUT2D eigenvalue weighted by molar-refractivity contribution is 5.93. The summed E-state index contributed by atoms with van der Waals surface area (Å²) >= 11 is 0. The third-order valence-electron chi connectivity index (χ3n) is 3.51. The SMILES string of the molecule is CN(C(=O)c1cccnc1)C1CCCCC1N. The number of carbonyl (C=O) groups excluding carboxylic acids is 1. The normalized spacial score (nSPS) is 24.4. The summed E-state index contributed by atoms with van der Waals surface area (Å²) in [5.74, 6) is 0.0143. The van der Waals surface area contributed by atoms with Crippen molar-refractivity contribution < 1.29 is 4.79 Å². The molecule has 0 aromatic carbocycles. The molecule has 0 aliphatic heterocycles. The molecule has 1 saturated carbocycles. The second kappa shape index (κ2) is 5.27. The maximum Gasteiger partial charge on any atom is 0.255 e. The number of rotatable bonds is 2. The van der Waals surface area contributed by atoms with Gasteiger partial charge in [0, 0.05) is 31.5 Å². The fraction of sp³-hybridized carbons (Fsp3) is 0.538. The average Bonchev–Trinajstić information content (AvgIpc) is 2.39. The molecule has 1 fully saturated rings. The minimum Gasteiger partial charge on any atom is -0.337 e. The van der Waals surface area contributed by atoms with Crippen LogP contribution < -0.4 is 5.73 Å². The Balaban J connectivity index is 2.09. The molecule has 17 heavy (non-hydrogen) atoms. The molecule has 0 bridgehead atoms. The Morgan fingerprint density at radius 3 is 2.88 bits per heavy atom. The van der Waals surface area contributed by atoms with Gasteiger partial charge in [-0.3, -0.25) is 9.78 Å². The minimum absolute atomic E-state index is 0.0143. The maximum atomic E-state index is 12.2. The molecule has 4 heteroatoms. The van der Waals surface area contributed by atoms with Gasteiger partial charge in [0.2, 0.25) is 0 Å². The van der Waals surface area contributed by atoms with Crippen LogP contribution in [0.4, 0.5) is 0 Å². The first kappa shape index (κ1) is 12.0. The van der Waals surface area contributed by atoms with Crippen molar-refractivity contribution in [2.45, 2.75) is 37.8 Å². The van der Waals surface area contributed by atoms with Crippen molar-refractivity contribution in [3.05, 3.63) is 30.1 Å². The number of amides is 1. The summed E-state index contributed by atoms with van der Waals surface area (Å²) in [5, 5.41) is 0. The lowest BCUT2D eigenvalue weighted by atomic mass is 9.90. The van der Waals surface area contributed by atoms with Crippen molar-refractivity contribution in [3.8, 4) is 0 Å². The molecule has 1 aromatic heterocycles. The summed E-state index contributed by atoms with van der Waals surface area (Å²) in [6.07, 6.45) is 7.62. The number of aromatic nitrogens is 1. The zero-order valence-corrected chi connectivity index (χ0v) is 10.2. The number of hydrogen-bond acceptors (Lipinski definition) is 3. The lowest BCUT2D eigenvalue weighted by Gasteiger charge is -2.36. The largest absolute Gasteiger partial charge is 0.337 e. The lowest BCUT2D eigenvalue weighted by Crippen LogP contribution is -2.50. The third kappa shape index (κ3) is 2.64. The van der Waals surface area contributed by atoms with Gasteiger partial charge in [-0.2, -0.15) is 0 Å². The summed E-state index contributed by atoms with van der Waals surface area (Å²) in [5.41, 5.74) is 6.72.